The maximum absolute atomic E-state index is 5.40. The Labute approximate surface area is 175 Å². The summed E-state index contributed by atoms with van der Waals surface area (Å²) in [5, 5.41) is 8.66. The van der Waals surface area contributed by atoms with Crippen molar-refractivity contribution in [3.8, 4) is 11.3 Å². The minimum atomic E-state index is -0.702. The van der Waals surface area contributed by atoms with Crippen molar-refractivity contribution in [3.63, 3.8) is 0 Å². The van der Waals surface area contributed by atoms with E-state index in [0.29, 0.717) is 12.1 Å². The average molecular weight is 422 g/mol. The number of nitrogens with zero attached hydrogens (tertiary/aromatic N) is 4. The molecule has 1 saturated carbocycles. The lowest BCUT2D eigenvalue weighted by Gasteiger charge is -2.38. The first-order chi connectivity index (χ1) is 13.3. The zero-order valence-corrected chi connectivity index (χ0v) is 19.1. The van der Waals surface area contributed by atoms with Gasteiger partial charge in [0.05, 0.1) is 17.0 Å². The van der Waals surface area contributed by atoms with Gasteiger partial charge in [0, 0.05) is 30.2 Å². The zero-order chi connectivity index (χ0) is 20.0. The van der Waals surface area contributed by atoms with Crippen LogP contribution in [-0.4, -0.2) is 51.0 Å². The summed E-state index contributed by atoms with van der Waals surface area (Å²) in [6, 6.07) is 1.89. The fourth-order valence-electron chi connectivity index (χ4n) is 4.32. The van der Waals surface area contributed by atoms with Crippen LogP contribution in [0.1, 0.15) is 49.6 Å². The van der Waals surface area contributed by atoms with Crippen LogP contribution in [0.4, 0.5) is 5.82 Å². The highest BCUT2D eigenvalue weighted by atomic mass is 33.1. The molecule has 3 atom stereocenters. The topological polar surface area (TPSA) is 67.1 Å². The van der Waals surface area contributed by atoms with Crippen molar-refractivity contribution < 1.29 is 4.52 Å². The smallest absolute Gasteiger partial charge is 0.178 e. The molecule has 0 bridgehead atoms. The molecule has 1 N–H and O–H groups in total. The van der Waals surface area contributed by atoms with E-state index in [1.54, 1.807) is 0 Å². The van der Waals surface area contributed by atoms with Gasteiger partial charge in [0.2, 0.25) is 0 Å². The molecule has 1 aliphatic carbocycles. The third kappa shape index (κ3) is 3.91. The fraction of sp³-hybridized carbons (Fsp3) is 0.650. The second kappa shape index (κ2) is 7.88. The molecule has 2 fully saturated rings. The predicted molar refractivity (Wildman–Crippen MR) is 120 cm³/mol. The van der Waals surface area contributed by atoms with Crippen molar-refractivity contribution >= 4 is 27.4 Å². The van der Waals surface area contributed by atoms with Crippen molar-refractivity contribution in [1.82, 2.24) is 20.0 Å². The standard InChI is InChI=1S/C20H31N5OS2/c1-11-10-15(8-9-25(11)16-6-7-16)21-19-12(2)18(22-20(23-19)28(5)27)17-13(3)24-26-14(17)4/h11,15-16,27-28H,6-10H2,1-5H3,(H,21,22,23)/t11-,15-/m0/s1. The first-order valence-electron chi connectivity index (χ1n) is 10.1. The van der Waals surface area contributed by atoms with Gasteiger partial charge in [-0.2, -0.15) is 0 Å². The van der Waals surface area contributed by atoms with E-state index >= 15 is 0 Å². The molecule has 154 valence electrons. The van der Waals surface area contributed by atoms with Gasteiger partial charge in [0.25, 0.3) is 0 Å². The van der Waals surface area contributed by atoms with Crippen molar-refractivity contribution in [2.24, 2.45) is 0 Å². The number of rotatable bonds is 5. The lowest BCUT2D eigenvalue weighted by molar-refractivity contribution is 0.143. The van der Waals surface area contributed by atoms with E-state index in [1.807, 2.05) is 13.8 Å². The summed E-state index contributed by atoms with van der Waals surface area (Å²) in [6.45, 7) is 9.52. The van der Waals surface area contributed by atoms with Crippen LogP contribution in [-0.2, 0) is 0 Å². The number of anilines is 1. The first-order valence-corrected chi connectivity index (χ1v) is 13.1. The van der Waals surface area contributed by atoms with E-state index in [-0.39, 0.29) is 0 Å². The van der Waals surface area contributed by atoms with Gasteiger partial charge in [-0.3, -0.25) is 4.90 Å². The van der Waals surface area contributed by atoms with E-state index < -0.39 is 9.93 Å². The molecule has 2 aromatic rings. The summed E-state index contributed by atoms with van der Waals surface area (Å²) in [4.78, 5) is 12.4. The number of likely N-dealkylation sites (tertiary alicyclic amines) is 1. The van der Waals surface area contributed by atoms with Gasteiger partial charge < -0.3 is 9.84 Å². The average Bonchev–Trinajstić information content (AvgIpc) is 3.42. The molecule has 1 aliphatic heterocycles. The Balaban J connectivity index is 1.63. The minimum absolute atomic E-state index is 0.437. The molecule has 1 saturated heterocycles. The number of aromatic nitrogens is 3. The van der Waals surface area contributed by atoms with Gasteiger partial charge in [0.15, 0.2) is 5.16 Å². The second-order valence-electron chi connectivity index (χ2n) is 8.25. The van der Waals surface area contributed by atoms with Crippen molar-refractivity contribution in [2.75, 3.05) is 18.1 Å². The number of hydrogen-bond donors (Lipinski definition) is 3. The Morgan fingerprint density at radius 1 is 1.18 bits per heavy atom. The van der Waals surface area contributed by atoms with Gasteiger partial charge in [0.1, 0.15) is 11.6 Å². The first kappa shape index (κ1) is 20.0. The maximum atomic E-state index is 5.40. The normalized spacial score (nSPS) is 25.0. The van der Waals surface area contributed by atoms with Gasteiger partial charge in [-0.1, -0.05) is 5.16 Å². The quantitative estimate of drug-likeness (QED) is 0.380. The fourth-order valence-corrected chi connectivity index (χ4v) is 5.08. The third-order valence-corrected chi connectivity index (χ3v) is 7.29. The van der Waals surface area contributed by atoms with Crippen molar-refractivity contribution in [2.45, 2.75) is 76.7 Å². The van der Waals surface area contributed by atoms with Gasteiger partial charge in [-0.15, -0.1) is 21.6 Å². The highest BCUT2D eigenvalue weighted by molar-refractivity contribution is 8.77. The van der Waals surface area contributed by atoms with Crippen LogP contribution in [0.15, 0.2) is 9.68 Å². The number of piperidine rings is 1. The van der Waals surface area contributed by atoms with Crippen LogP contribution in [0.3, 0.4) is 0 Å². The summed E-state index contributed by atoms with van der Waals surface area (Å²) >= 11 is 4.65. The number of thiol groups is 2. The van der Waals surface area contributed by atoms with Crippen LogP contribution in [0.5, 0.6) is 0 Å². The molecule has 3 heterocycles. The number of aryl methyl sites for hydroxylation is 2. The summed E-state index contributed by atoms with van der Waals surface area (Å²) in [6.07, 6.45) is 7.12. The summed E-state index contributed by atoms with van der Waals surface area (Å²) in [7, 11) is -0.702. The van der Waals surface area contributed by atoms with Crippen molar-refractivity contribution in [3.05, 3.63) is 17.0 Å². The Kier molecular flexibility index (Phi) is 5.64. The van der Waals surface area contributed by atoms with E-state index in [4.69, 9.17) is 14.5 Å². The predicted octanol–water partition coefficient (Wildman–Crippen LogP) is 4.32. The molecule has 0 radical (unpaired) electrons. The third-order valence-electron chi connectivity index (χ3n) is 5.98. The monoisotopic (exact) mass is 421 g/mol. The Morgan fingerprint density at radius 2 is 1.93 bits per heavy atom. The van der Waals surface area contributed by atoms with Gasteiger partial charge in [-0.05, 0) is 59.6 Å². The molecular weight excluding hydrogens is 390 g/mol. The zero-order valence-electron chi connectivity index (χ0n) is 17.4. The molecule has 2 aromatic heterocycles. The molecule has 2 aliphatic rings. The van der Waals surface area contributed by atoms with Gasteiger partial charge >= 0.3 is 0 Å². The molecule has 0 amide bonds. The van der Waals surface area contributed by atoms with Crippen LogP contribution in [0, 0.1) is 20.8 Å². The Bertz CT molecular complexity index is 845. The van der Waals surface area contributed by atoms with Crippen LogP contribution in [0.2, 0.25) is 0 Å². The molecule has 6 nitrogen and oxygen atoms in total. The lowest BCUT2D eigenvalue weighted by Crippen LogP contribution is -2.46. The number of nitrogens with one attached hydrogen (secondary N) is 1. The molecule has 4 rings (SSSR count). The summed E-state index contributed by atoms with van der Waals surface area (Å²) in [5.41, 5.74) is 3.81. The SMILES string of the molecule is Cc1noc(C)c1-c1nc([SH](C)S)nc(N[C@H]2CCN(C3CC3)[C@@H](C)C2)c1C. The molecule has 28 heavy (non-hydrogen) atoms. The second-order valence-corrected chi connectivity index (χ2v) is 11.5. The summed E-state index contributed by atoms with van der Waals surface area (Å²) in [5.74, 6) is 1.72. The lowest BCUT2D eigenvalue weighted by atomic mass is 9.97. The van der Waals surface area contributed by atoms with Gasteiger partial charge in [-0.25, -0.2) is 9.97 Å². The van der Waals surface area contributed by atoms with Crippen molar-refractivity contribution in [1.29, 1.82) is 0 Å². The van der Waals surface area contributed by atoms with E-state index in [1.165, 1.54) is 19.4 Å². The summed E-state index contributed by atoms with van der Waals surface area (Å²) < 4.78 is 5.40. The number of hydrogen-bond acceptors (Lipinski definition) is 7. The molecule has 0 spiro atoms. The highest BCUT2D eigenvalue weighted by Crippen LogP contribution is 2.39. The van der Waals surface area contributed by atoms with E-state index in [2.05, 4.69) is 47.1 Å². The molecule has 0 aromatic carbocycles. The molecule has 8 heteroatoms. The van der Waals surface area contributed by atoms with Crippen LogP contribution < -0.4 is 5.32 Å². The molecular formula is C20H31N5OS2. The molecule has 1 unspecified atom stereocenters. The largest absolute Gasteiger partial charge is 0.367 e. The minimum Gasteiger partial charge on any atom is -0.367 e. The Hall–Kier alpha value is -1.25. The Morgan fingerprint density at radius 3 is 2.50 bits per heavy atom. The highest BCUT2D eigenvalue weighted by Gasteiger charge is 2.36. The van der Waals surface area contributed by atoms with Crippen LogP contribution in [0.25, 0.3) is 11.3 Å². The van der Waals surface area contributed by atoms with E-state index in [0.717, 1.165) is 58.1 Å². The van der Waals surface area contributed by atoms with Crippen LogP contribution >= 0.6 is 21.6 Å². The van der Waals surface area contributed by atoms with E-state index in [9.17, 15) is 0 Å². The maximum Gasteiger partial charge on any atom is 0.178 e.